The van der Waals surface area contributed by atoms with Crippen LogP contribution >= 0.6 is 0 Å². The van der Waals surface area contributed by atoms with Crippen LogP contribution in [-0.2, 0) is 16.6 Å². The first kappa shape index (κ1) is 14.1. The summed E-state index contributed by atoms with van der Waals surface area (Å²) in [4.78, 5) is 31.9. The second-order valence-corrected chi connectivity index (χ2v) is 5.65. The van der Waals surface area contributed by atoms with Crippen LogP contribution < -0.4 is 0 Å². The molecule has 21 heavy (non-hydrogen) atoms. The van der Waals surface area contributed by atoms with Gasteiger partial charge in [-0.2, -0.15) is 0 Å². The molecule has 7 nitrogen and oxygen atoms in total. The van der Waals surface area contributed by atoms with Crippen molar-refractivity contribution < 1.29 is 14.3 Å². The number of piperidine rings is 1. The van der Waals surface area contributed by atoms with Gasteiger partial charge in [-0.3, -0.25) is 9.59 Å². The topological polar surface area (TPSA) is 67.7 Å². The Hall–Kier alpha value is -1.89. The average Bonchev–Trinajstić information content (AvgIpc) is 2.91. The number of ether oxygens (including phenoxy) is 1. The lowest BCUT2D eigenvalue weighted by Crippen LogP contribution is -2.61. The molecule has 1 aromatic heterocycles. The Kier molecular flexibility index (Phi) is 3.67. The maximum absolute atomic E-state index is 12.5. The molecular formula is C14H20N4O3. The number of nitrogens with zero attached hydrogens (tertiary/aromatic N) is 4. The number of rotatable bonds is 1. The average molecular weight is 292 g/mol. The lowest BCUT2D eigenvalue weighted by atomic mass is 9.98. The third-order valence-electron chi connectivity index (χ3n) is 4.20. The van der Waals surface area contributed by atoms with Gasteiger partial charge >= 0.3 is 0 Å². The van der Waals surface area contributed by atoms with Crippen LogP contribution in [0.25, 0.3) is 0 Å². The second-order valence-electron chi connectivity index (χ2n) is 5.65. The van der Waals surface area contributed by atoms with Gasteiger partial charge in [-0.1, -0.05) is 0 Å². The molecule has 0 N–H and O–H groups in total. The van der Waals surface area contributed by atoms with Crippen LogP contribution in [-0.4, -0.2) is 69.6 Å². The number of carbonyl (C=O) groups excluding carboxylic acids is 2. The molecule has 2 atom stereocenters. The zero-order valence-electron chi connectivity index (χ0n) is 12.4. The minimum atomic E-state index is -0.0804. The van der Waals surface area contributed by atoms with E-state index in [2.05, 4.69) is 4.98 Å². The number of fused-ring (bicyclic) bond motifs is 1. The monoisotopic (exact) mass is 292 g/mol. The van der Waals surface area contributed by atoms with E-state index in [1.807, 2.05) is 11.9 Å². The highest BCUT2D eigenvalue weighted by molar-refractivity contribution is 5.92. The molecule has 2 aliphatic heterocycles. The lowest BCUT2D eigenvalue weighted by molar-refractivity contribution is -0.149. The van der Waals surface area contributed by atoms with Crippen LogP contribution in [0.3, 0.4) is 0 Å². The molecule has 2 fully saturated rings. The van der Waals surface area contributed by atoms with E-state index in [1.54, 1.807) is 28.9 Å². The molecule has 114 valence electrons. The molecule has 0 saturated carbocycles. The van der Waals surface area contributed by atoms with Crippen molar-refractivity contribution in [3.05, 3.63) is 18.2 Å². The highest BCUT2D eigenvalue weighted by atomic mass is 16.5. The van der Waals surface area contributed by atoms with E-state index < -0.39 is 0 Å². The summed E-state index contributed by atoms with van der Waals surface area (Å²) in [5, 5.41) is 0. The van der Waals surface area contributed by atoms with E-state index in [4.69, 9.17) is 4.74 Å². The first-order chi connectivity index (χ1) is 10.1. The van der Waals surface area contributed by atoms with E-state index in [1.165, 1.54) is 0 Å². The van der Waals surface area contributed by atoms with Gasteiger partial charge in [-0.15, -0.1) is 0 Å². The number of hydrogen-bond acceptors (Lipinski definition) is 4. The van der Waals surface area contributed by atoms with Gasteiger partial charge < -0.3 is 19.1 Å². The third kappa shape index (κ3) is 2.65. The molecule has 0 aliphatic carbocycles. The zero-order valence-corrected chi connectivity index (χ0v) is 12.4. The van der Waals surface area contributed by atoms with Crippen molar-refractivity contribution in [1.82, 2.24) is 19.4 Å². The Bertz CT molecular complexity index is 556. The molecule has 0 bridgehead atoms. The second kappa shape index (κ2) is 5.48. The van der Waals surface area contributed by atoms with Gasteiger partial charge in [0.1, 0.15) is 5.69 Å². The number of hydrogen-bond donors (Lipinski definition) is 0. The number of amides is 2. The summed E-state index contributed by atoms with van der Waals surface area (Å²) in [5.41, 5.74) is 0.446. The van der Waals surface area contributed by atoms with Crippen molar-refractivity contribution in [2.45, 2.75) is 25.5 Å². The molecule has 0 unspecified atom stereocenters. The standard InChI is InChI=1S/C14H20N4O3/c1-10(19)18-5-6-21-13-3-4-17(8-12(13)18)14(20)11-7-16(2)9-15-11/h7,9,12-13H,3-6,8H2,1-2H3/t12-,13+/m1/s1. The predicted octanol–water partition coefficient (Wildman–Crippen LogP) is -0.118. The molecule has 2 aliphatic rings. The minimum absolute atomic E-state index is 0.0374. The SMILES string of the molecule is CC(=O)N1CCO[C@H]2CCN(C(=O)c3cn(C)cn3)C[C@H]21. The van der Waals surface area contributed by atoms with Crippen LogP contribution in [0.1, 0.15) is 23.8 Å². The van der Waals surface area contributed by atoms with Gasteiger partial charge in [0.05, 0.1) is 25.1 Å². The Morgan fingerprint density at radius 2 is 2.19 bits per heavy atom. The van der Waals surface area contributed by atoms with Gasteiger partial charge in [-0.05, 0) is 6.42 Å². The van der Waals surface area contributed by atoms with E-state index in [0.717, 1.165) is 6.42 Å². The van der Waals surface area contributed by atoms with E-state index in [9.17, 15) is 9.59 Å². The summed E-state index contributed by atoms with van der Waals surface area (Å²) < 4.78 is 7.50. The van der Waals surface area contributed by atoms with Crippen molar-refractivity contribution in [2.75, 3.05) is 26.2 Å². The Morgan fingerprint density at radius 3 is 2.86 bits per heavy atom. The molecule has 2 saturated heterocycles. The Balaban J connectivity index is 1.74. The van der Waals surface area contributed by atoms with Gasteiger partial charge in [0.2, 0.25) is 5.91 Å². The number of morpholine rings is 1. The predicted molar refractivity (Wildman–Crippen MR) is 74.6 cm³/mol. The molecule has 3 heterocycles. The number of likely N-dealkylation sites (tertiary alicyclic amines) is 1. The molecule has 0 radical (unpaired) electrons. The van der Waals surface area contributed by atoms with Gasteiger partial charge in [-0.25, -0.2) is 4.98 Å². The van der Waals surface area contributed by atoms with E-state index in [-0.39, 0.29) is 24.0 Å². The minimum Gasteiger partial charge on any atom is -0.374 e. The molecule has 0 aromatic carbocycles. The van der Waals surface area contributed by atoms with Crippen molar-refractivity contribution >= 4 is 11.8 Å². The molecule has 3 rings (SSSR count). The molecule has 1 aromatic rings. The van der Waals surface area contributed by atoms with Gasteiger partial charge in [0.25, 0.3) is 5.91 Å². The zero-order chi connectivity index (χ0) is 15.0. The molecule has 0 spiro atoms. The lowest BCUT2D eigenvalue weighted by Gasteiger charge is -2.46. The first-order valence-electron chi connectivity index (χ1n) is 7.22. The Labute approximate surface area is 123 Å². The summed E-state index contributed by atoms with van der Waals surface area (Å²) >= 11 is 0. The smallest absolute Gasteiger partial charge is 0.274 e. The largest absolute Gasteiger partial charge is 0.374 e. The number of aromatic nitrogens is 2. The number of carbonyl (C=O) groups is 2. The first-order valence-corrected chi connectivity index (χ1v) is 7.22. The normalized spacial score (nSPS) is 25.6. The quantitative estimate of drug-likeness (QED) is 0.724. The third-order valence-corrected chi connectivity index (χ3v) is 4.20. The Morgan fingerprint density at radius 1 is 1.38 bits per heavy atom. The van der Waals surface area contributed by atoms with E-state index >= 15 is 0 Å². The highest BCUT2D eigenvalue weighted by Crippen LogP contribution is 2.24. The van der Waals surface area contributed by atoms with Gasteiger partial charge in [0.15, 0.2) is 0 Å². The molecule has 2 amide bonds. The summed E-state index contributed by atoms with van der Waals surface area (Å²) in [6.45, 7) is 3.90. The van der Waals surface area contributed by atoms with Crippen LogP contribution in [0, 0.1) is 0 Å². The van der Waals surface area contributed by atoms with Crippen LogP contribution in [0.2, 0.25) is 0 Å². The summed E-state index contributed by atoms with van der Waals surface area (Å²) in [6, 6.07) is -0.0438. The van der Waals surface area contributed by atoms with Gasteiger partial charge in [0, 0.05) is 39.8 Å². The van der Waals surface area contributed by atoms with Crippen LogP contribution in [0.5, 0.6) is 0 Å². The van der Waals surface area contributed by atoms with Crippen molar-refractivity contribution in [3.8, 4) is 0 Å². The highest BCUT2D eigenvalue weighted by Gasteiger charge is 2.39. The maximum Gasteiger partial charge on any atom is 0.274 e. The number of imidazole rings is 1. The molecule has 7 heteroatoms. The van der Waals surface area contributed by atoms with Crippen molar-refractivity contribution in [3.63, 3.8) is 0 Å². The maximum atomic E-state index is 12.5. The van der Waals surface area contributed by atoms with Crippen molar-refractivity contribution in [2.24, 2.45) is 7.05 Å². The van der Waals surface area contributed by atoms with Crippen LogP contribution in [0.15, 0.2) is 12.5 Å². The fourth-order valence-electron chi connectivity index (χ4n) is 3.13. The fourth-order valence-corrected chi connectivity index (χ4v) is 3.13. The van der Waals surface area contributed by atoms with E-state index in [0.29, 0.717) is 31.9 Å². The van der Waals surface area contributed by atoms with Crippen molar-refractivity contribution in [1.29, 1.82) is 0 Å². The summed E-state index contributed by atoms with van der Waals surface area (Å²) in [5.74, 6) is -0.0384. The fraction of sp³-hybridized carbons (Fsp3) is 0.643. The number of aryl methyl sites for hydroxylation is 1. The summed E-state index contributed by atoms with van der Waals surface area (Å²) in [6.07, 6.45) is 4.13. The summed E-state index contributed by atoms with van der Waals surface area (Å²) in [7, 11) is 1.84. The van der Waals surface area contributed by atoms with Crippen LogP contribution in [0.4, 0.5) is 0 Å². The molecular weight excluding hydrogens is 272 g/mol.